The van der Waals surface area contributed by atoms with Crippen molar-refractivity contribution in [3.05, 3.63) is 28.2 Å². The molecule has 1 amide bonds. The van der Waals surface area contributed by atoms with Crippen molar-refractivity contribution in [1.82, 2.24) is 14.8 Å². The predicted molar refractivity (Wildman–Crippen MR) is 94.4 cm³/mol. The van der Waals surface area contributed by atoms with Crippen LogP contribution in [-0.2, 0) is 11.3 Å². The molecule has 0 unspecified atom stereocenters. The molecule has 5 heteroatoms. The van der Waals surface area contributed by atoms with Gasteiger partial charge < -0.3 is 9.80 Å². The lowest BCUT2D eigenvalue weighted by molar-refractivity contribution is -0.131. The molecule has 3 rings (SSSR count). The molecule has 1 saturated heterocycles. The number of hydrogen-bond acceptors (Lipinski definition) is 4. The van der Waals surface area contributed by atoms with Gasteiger partial charge in [0.15, 0.2) is 0 Å². The summed E-state index contributed by atoms with van der Waals surface area (Å²) < 4.78 is 0. The molecule has 126 valence electrons. The third-order valence-electron chi connectivity index (χ3n) is 5.02. The number of thiazole rings is 1. The Balaban J connectivity index is 1.43. The van der Waals surface area contributed by atoms with Crippen LogP contribution in [0.3, 0.4) is 0 Å². The second-order valence-electron chi connectivity index (χ2n) is 7.02. The number of nitrogens with zero attached hydrogens (tertiary/aromatic N) is 3. The van der Waals surface area contributed by atoms with E-state index in [0.29, 0.717) is 24.2 Å². The maximum Gasteiger partial charge on any atom is 0.223 e. The summed E-state index contributed by atoms with van der Waals surface area (Å²) in [6.45, 7) is 5.97. The molecule has 2 aliphatic rings. The minimum atomic E-state index is 0.352. The molecule has 0 aromatic carbocycles. The summed E-state index contributed by atoms with van der Waals surface area (Å²) in [6.07, 6.45) is 8.57. The van der Waals surface area contributed by atoms with Crippen LogP contribution in [-0.4, -0.2) is 47.4 Å². The van der Waals surface area contributed by atoms with E-state index in [1.54, 1.807) is 11.3 Å². The quantitative estimate of drug-likeness (QED) is 0.751. The van der Waals surface area contributed by atoms with Crippen molar-refractivity contribution in [3.8, 4) is 0 Å². The van der Waals surface area contributed by atoms with Crippen molar-refractivity contribution in [1.29, 1.82) is 0 Å². The molecule has 1 aromatic rings. The van der Waals surface area contributed by atoms with Crippen molar-refractivity contribution in [2.24, 2.45) is 11.8 Å². The van der Waals surface area contributed by atoms with Gasteiger partial charge in [0.2, 0.25) is 5.91 Å². The first-order chi connectivity index (χ1) is 11.1. The molecular weight excluding hydrogens is 306 g/mol. The second kappa shape index (κ2) is 7.58. The molecule has 1 fully saturated rings. The van der Waals surface area contributed by atoms with E-state index >= 15 is 0 Å². The van der Waals surface area contributed by atoms with Crippen LogP contribution < -0.4 is 0 Å². The molecule has 1 aliphatic carbocycles. The van der Waals surface area contributed by atoms with E-state index in [9.17, 15) is 4.79 Å². The Morgan fingerprint density at radius 3 is 3.04 bits per heavy atom. The summed E-state index contributed by atoms with van der Waals surface area (Å²) in [7, 11) is 2.17. The van der Waals surface area contributed by atoms with Crippen LogP contribution in [0, 0.1) is 18.8 Å². The van der Waals surface area contributed by atoms with Crippen LogP contribution >= 0.6 is 11.3 Å². The van der Waals surface area contributed by atoms with E-state index in [1.807, 2.05) is 5.51 Å². The van der Waals surface area contributed by atoms with E-state index in [2.05, 4.69) is 40.9 Å². The van der Waals surface area contributed by atoms with Crippen LogP contribution in [0.1, 0.15) is 36.3 Å². The molecule has 2 atom stereocenters. The Hall–Kier alpha value is -1.20. The molecule has 0 saturated carbocycles. The highest BCUT2D eigenvalue weighted by Crippen LogP contribution is 2.24. The molecule has 1 aliphatic heterocycles. The maximum atomic E-state index is 12.4. The average molecular weight is 334 g/mol. The van der Waals surface area contributed by atoms with E-state index < -0.39 is 0 Å². The lowest BCUT2D eigenvalue weighted by Crippen LogP contribution is -2.32. The monoisotopic (exact) mass is 333 g/mol. The number of hydrogen-bond donors (Lipinski definition) is 0. The van der Waals surface area contributed by atoms with E-state index in [1.165, 1.54) is 4.88 Å². The second-order valence-corrected chi connectivity index (χ2v) is 7.96. The van der Waals surface area contributed by atoms with Crippen LogP contribution in [0.2, 0.25) is 0 Å². The summed E-state index contributed by atoms with van der Waals surface area (Å²) in [6, 6.07) is 0. The van der Waals surface area contributed by atoms with Gasteiger partial charge in [-0.1, -0.05) is 12.2 Å². The molecule has 4 nitrogen and oxygen atoms in total. The summed E-state index contributed by atoms with van der Waals surface area (Å²) in [5.41, 5.74) is 3.07. The summed E-state index contributed by atoms with van der Waals surface area (Å²) in [5.74, 6) is 1.44. The fourth-order valence-corrected chi connectivity index (χ4v) is 4.51. The van der Waals surface area contributed by atoms with Crippen molar-refractivity contribution >= 4 is 17.2 Å². The smallest absolute Gasteiger partial charge is 0.223 e. The van der Waals surface area contributed by atoms with Gasteiger partial charge in [-0.3, -0.25) is 4.79 Å². The summed E-state index contributed by atoms with van der Waals surface area (Å²) >= 11 is 1.74. The minimum Gasteiger partial charge on any atom is -0.342 e. The topological polar surface area (TPSA) is 36.4 Å². The van der Waals surface area contributed by atoms with Crippen LogP contribution in [0.25, 0.3) is 0 Å². The summed E-state index contributed by atoms with van der Waals surface area (Å²) in [4.78, 5) is 22.5. The zero-order valence-corrected chi connectivity index (χ0v) is 15.0. The fraction of sp³-hybridized carbons (Fsp3) is 0.667. The van der Waals surface area contributed by atoms with E-state index in [0.717, 1.165) is 51.1 Å². The number of allylic oxidation sites excluding steroid dienone is 2. The van der Waals surface area contributed by atoms with E-state index in [-0.39, 0.29) is 0 Å². The van der Waals surface area contributed by atoms with Gasteiger partial charge in [-0.15, -0.1) is 11.3 Å². The third-order valence-corrected chi connectivity index (χ3v) is 5.94. The van der Waals surface area contributed by atoms with Gasteiger partial charge in [0.25, 0.3) is 0 Å². The maximum absolute atomic E-state index is 12.4. The Labute approximate surface area is 143 Å². The fourth-order valence-electron chi connectivity index (χ4n) is 3.66. The molecule has 0 radical (unpaired) electrons. The Kier molecular flexibility index (Phi) is 5.49. The molecule has 0 bridgehead atoms. The average Bonchev–Trinajstić information content (AvgIpc) is 3.23. The van der Waals surface area contributed by atoms with Gasteiger partial charge in [-0.2, -0.15) is 0 Å². The highest BCUT2D eigenvalue weighted by molar-refractivity contribution is 7.09. The molecule has 0 N–H and O–H groups in total. The van der Waals surface area contributed by atoms with Gasteiger partial charge in [0.05, 0.1) is 11.2 Å². The standard InChI is InChI=1S/C18H27N3OS/c1-14-17(23-13-19-14)12-20(2)10-16-7-8-21(11-16)18(22)9-15-5-3-4-6-15/h3,5,13,15-16H,4,6-12H2,1-2H3/t15-,16+/m0/s1. The molecule has 2 heterocycles. The number of aryl methyl sites for hydroxylation is 1. The largest absolute Gasteiger partial charge is 0.342 e. The minimum absolute atomic E-state index is 0.352. The lowest BCUT2D eigenvalue weighted by Gasteiger charge is -2.22. The van der Waals surface area contributed by atoms with Gasteiger partial charge >= 0.3 is 0 Å². The van der Waals surface area contributed by atoms with Gasteiger partial charge in [0.1, 0.15) is 0 Å². The first kappa shape index (κ1) is 16.7. The number of carbonyl (C=O) groups excluding carboxylic acids is 1. The first-order valence-corrected chi connectivity index (χ1v) is 9.51. The van der Waals surface area contributed by atoms with Crippen LogP contribution in [0.15, 0.2) is 17.7 Å². The number of aromatic nitrogens is 1. The molecular formula is C18H27N3OS. The van der Waals surface area contributed by atoms with Gasteiger partial charge in [-0.25, -0.2) is 4.98 Å². The normalized spacial score (nSPS) is 24.0. The third kappa shape index (κ3) is 4.42. The van der Waals surface area contributed by atoms with Crippen LogP contribution in [0.5, 0.6) is 0 Å². The number of amides is 1. The van der Waals surface area contributed by atoms with Crippen molar-refractivity contribution in [3.63, 3.8) is 0 Å². The zero-order valence-electron chi connectivity index (χ0n) is 14.2. The predicted octanol–water partition coefficient (Wildman–Crippen LogP) is 3.09. The highest BCUT2D eigenvalue weighted by atomic mass is 32.1. The zero-order chi connectivity index (χ0) is 16.2. The lowest BCUT2D eigenvalue weighted by atomic mass is 10.0. The van der Waals surface area contributed by atoms with Crippen molar-refractivity contribution in [2.75, 3.05) is 26.7 Å². The van der Waals surface area contributed by atoms with Crippen molar-refractivity contribution in [2.45, 2.75) is 39.2 Å². The van der Waals surface area contributed by atoms with Crippen molar-refractivity contribution < 1.29 is 4.79 Å². The molecule has 1 aromatic heterocycles. The first-order valence-electron chi connectivity index (χ1n) is 8.63. The number of carbonyl (C=O) groups is 1. The van der Waals surface area contributed by atoms with E-state index in [4.69, 9.17) is 0 Å². The Morgan fingerprint density at radius 1 is 1.48 bits per heavy atom. The molecule has 23 heavy (non-hydrogen) atoms. The van der Waals surface area contributed by atoms with Gasteiger partial charge in [0, 0.05) is 37.5 Å². The summed E-state index contributed by atoms with van der Waals surface area (Å²) in [5, 5.41) is 0. The Bertz CT molecular complexity index is 568. The number of likely N-dealkylation sites (tertiary alicyclic amines) is 1. The highest BCUT2D eigenvalue weighted by Gasteiger charge is 2.28. The number of rotatable bonds is 6. The Morgan fingerprint density at radius 2 is 2.35 bits per heavy atom. The van der Waals surface area contributed by atoms with Crippen LogP contribution in [0.4, 0.5) is 0 Å². The SMILES string of the molecule is Cc1ncsc1CN(C)C[C@H]1CCN(C(=O)C[C@H]2C=CCC2)C1. The molecule has 0 spiro atoms. The van der Waals surface area contributed by atoms with Gasteiger partial charge in [-0.05, 0) is 45.1 Å².